The number of anilines is 1. The Balaban J connectivity index is 2.06. The minimum atomic E-state index is -0.816. The third kappa shape index (κ3) is 2.26. The number of aliphatic carboxylic acids is 1. The molecule has 0 aliphatic carbocycles. The van der Waals surface area contributed by atoms with Crippen LogP contribution in [0.2, 0.25) is 0 Å². The summed E-state index contributed by atoms with van der Waals surface area (Å²) in [4.78, 5) is 27.9. The number of rotatable bonds is 3. The molecule has 0 saturated carbocycles. The summed E-state index contributed by atoms with van der Waals surface area (Å²) in [6, 6.07) is 6.47. The number of benzene rings is 1. The summed E-state index contributed by atoms with van der Waals surface area (Å²) in [5.41, 5.74) is 0.0325. The van der Waals surface area contributed by atoms with Crippen molar-refractivity contribution in [2.24, 2.45) is 5.92 Å². The van der Waals surface area contributed by atoms with Gasteiger partial charge in [-0.05, 0) is 12.5 Å². The number of carboxylic acid groups (broad SMARTS) is 1. The molecule has 2 heterocycles. The molecule has 7 nitrogen and oxygen atoms in total. The molecule has 0 bridgehead atoms. The first kappa shape index (κ1) is 13.3. The van der Waals surface area contributed by atoms with E-state index in [1.807, 2.05) is 4.90 Å². The molecular formula is C14H13N3O4. The first-order valence-electron chi connectivity index (χ1n) is 6.58. The van der Waals surface area contributed by atoms with Gasteiger partial charge in [0.2, 0.25) is 0 Å². The normalized spacial score (nSPS) is 18.1. The van der Waals surface area contributed by atoms with Crippen LogP contribution in [-0.2, 0) is 4.79 Å². The number of hydrogen-bond acceptors (Lipinski definition) is 5. The van der Waals surface area contributed by atoms with Crippen LogP contribution < -0.4 is 4.90 Å². The predicted molar refractivity (Wildman–Crippen MR) is 76.4 cm³/mol. The Bertz CT molecular complexity index is 731. The molecule has 0 amide bonds. The quantitative estimate of drug-likeness (QED) is 0.685. The zero-order valence-corrected chi connectivity index (χ0v) is 11.1. The second kappa shape index (κ2) is 5.01. The molecule has 1 atom stereocenters. The molecule has 1 unspecified atom stereocenters. The Hall–Kier alpha value is -2.70. The van der Waals surface area contributed by atoms with Crippen molar-refractivity contribution in [2.75, 3.05) is 18.0 Å². The first-order chi connectivity index (χ1) is 10.1. The molecule has 0 radical (unpaired) electrons. The second-order valence-electron chi connectivity index (χ2n) is 5.03. The van der Waals surface area contributed by atoms with Crippen LogP contribution in [0.25, 0.3) is 10.8 Å². The Kier molecular flexibility index (Phi) is 3.17. The van der Waals surface area contributed by atoms with Gasteiger partial charge in [-0.2, -0.15) is 0 Å². The van der Waals surface area contributed by atoms with Gasteiger partial charge in [-0.3, -0.25) is 14.9 Å². The van der Waals surface area contributed by atoms with E-state index in [4.69, 9.17) is 5.11 Å². The molecule has 1 fully saturated rings. The molecule has 0 spiro atoms. The van der Waals surface area contributed by atoms with E-state index in [0.717, 1.165) is 0 Å². The third-order valence-corrected chi connectivity index (χ3v) is 3.80. The molecule has 21 heavy (non-hydrogen) atoms. The number of pyridine rings is 1. The summed E-state index contributed by atoms with van der Waals surface area (Å²) in [5, 5.41) is 21.4. The number of hydrogen-bond donors (Lipinski definition) is 1. The van der Waals surface area contributed by atoms with Gasteiger partial charge < -0.3 is 10.0 Å². The van der Waals surface area contributed by atoms with E-state index in [1.54, 1.807) is 18.2 Å². The highest BCUT2D eigenvalue weighted by atomic mass is 16.6. The van der Waals surface area contributed by atoms with E-state index in [1.165, 1.54) is 12.3 Å². The minimum absolute atomic E-state index is 0.0325. The van der Waals surface area contributed by atoms with Gasteiger partial charge in [0.15, 0.2) is 0 Å². The molecular weight excluding hydrogens is 274 g/mol. The monoisotopic (exact) mass is 287 g/mol. The summed E-state index contributed by atoms with van der Waals surface area (Å²) in [6.07, 6.45) is 2.08. The smallest absolute Gasteiger partial charge is 0.308 e. The zero-order valence-electron chi connectivity index (χ0n) is 11.1. The van der Waals surface area contributed by atoms with Gasteiger partial charge >= 0.3 is 5.97 Å². The van der Waals surface area contributed by atoms with E-state index in [9.17, 15) is 14.9 Å². The fraction of sp³-hybridized carbons (Fsp3) is 0.286. The van der Waals surface area contributed by atoms with Gasteiger partial charge in [0.05, 0.1) is 16.2 Å². The molecule has 1 saturated heterocycles. The lowest BCUT2D eigenvalue weighted by molar-refractivity contribution is -0.383. The van der Waals surface area contributed by atoms with Crippen LogP contribution in [0.3, 0.4) is 0 Å². The van der Waals surface area contributed by atoms with Crippen molar-refractivity contribution in [3.8, 4) is 0 Å². The largest absolute Gasteiger partial charge is 0.481 e. The van der Waals surface area contributed by atoms with Crippen molar-refractivity contribution in [3.63, 3.8) is 0 Å². The van der Waals surface area contributed by atoms with Crippen LogP contribution >= 0.6 is 0 Å². The maximum absolute atomic E-state index is 11.1. The number of nitrogens with zero attached hydrogens (tertiary/aromatic N) is 3. The van der Waals surface area contributed by atoms with E-state index < -0.39 is 16.8 Å². The van der Waals surface area contributed by atoms with Crippen molar-refractivity contribution in [2.45, 2.75) is 6.42 Å². The van der Waals surface area contributed by atoms with Crippen LogP contribution in [0.4, 0.5) is 11.5 Å². The predicted octanol–water partition coefficient (Wildman–Crippen LogP) is 2.05. The molecule has 2 aromatic rings. The Morgan fingerprint density at radius 3 is 2.86 bits per heavy atom. The molecule has 1 aliphatic rings. The lowest BCUT2D eigenvalue weighted by Gasteiger charge is -2.18. The fourth-order valence-electron chi connectivity index (χ4n) is 2.74. The average Bonchev–Trinajstić information content (AvgIpc) is 2.95. The second-order valence-corrected chi connectivity index (χ2v) is 5.03. The van der Waals surface area contributed by atoms with E-state index in [-0.39, 0.29) is 5.69 Å². The molecule has 7 heteroatoms. The molecule has 1 aliphatic heterocycles. The van der Waals surface area contributed by atoms with Crippen molar-refractivity contribution in [1.29, 1.82) is 0 Å². The highest BCUT2D eigenvalue weighted by molar-refractivity contribution is 5.98. The van der Waals surface area contributed by atoms with Crippen LogP contribution in [0, 0.1) is 16.0 Å². The number of carbonyl (C=O) groups is 1. The molecule has 1 N–H and O–H groups in total. The molecule has 1 aromatic heterocycles. The Labute approximate surface area is 120 Å². The van der Waals surface area contributed by atoms with Gasteiger partial charge in [-0.15, -0.1) is 0 Å². The lowest BCUT2D eigenvalue weighted by Crippen LogP contribution is -2.23. The van der Waals surface area contributed by atoms with Gasteiger partial charge in [-0.1, -0.05) is 12.1 Å². The lowest BCUT2D eigenvalue weighted by atomic mass is 10.1. The number of aromatic nitrogens is 1. The average molecular weight is 287 g/mol. The SMILES string of the molecule is O=C(O)C1CCN(c2nccc3c([N+](=O)[O-])cccc23)C1. The van der Waals surface area contributed by atoms with E-state index in [0.29, 0.717) is 36.1 Å². The standard InChI is InChI=1S/C14H13N3O4/c18-14(19)9-5-7-16(8-9)13-11-2-1-3-12(17(20)21)10(11)4-6-15-13/h1-4,6,9H,5,7-8H2,(H,18,19). The summed E-state index contributed by atoms with van der Waals surface area (Å²) >= 11 is 0. The van der Waals surface area contributed by atoms with Crippen LogP contribution in [0.15, 0.2) is 30.5 Å². The number of fused-ring (bicyclic) bond motifs is 1. The molecule has 1 aromatic carbocycles. The first-order valence-corrected chi connectivity index (χ1v) is 6.58. The Morgan fingerprint density at radius 1 is 1.38 bits per heavy atom. The number of carboxylic acids is 1. The fourth-order valence-corrected chi connectivity index (χ4v) is 2.74. The summed E-state index contributed by atoms with van der Waals surface area (Å²) < 4.78 is 0. The molecule has 108 valence electrons. The van der Waals surface area contributed by atoms with Crippen molar-refractivity contribution < 1.29 is 14.8 Å². The van der Waals surface area contributed by atoms with Gasteiger partial charge in [0.1, 0.15) is 5.82 Å². The zero-order chi connectivity index (χ0) is 15.0. The number of nitro groups is 1. The van der Waals surface area contributed by atoms with Crippen LogP contribution in [0.1, 0.15) is 6.42 Å². The topological polar surface area (TPSA) is 96.6 Å². The van der Waals surface area contributed by atoms with Crippen molar-refractivity contribution in [1.82, 2.24) is 4.98 Å². The van der Waals surface area contributed by atoms with E-state index >= 15 is 0 Å². The van der Waals surface area contributed by atoms with E-state index in [2.05, 4.69) is 4.98 Å². The van der Waals surface area contributed by atoms with Crippen molar-refractivity contribution >= 4 is 28.2 Å². The highest BCUT2D eigenvalue weighted by Gasteiger charge is 2.30. The summed E-state index contributed by atoms with van der Waals surface area (Å²) in [6.45, 7) is 0.968. The maximum Gasteiger partial charge on any atom is 0.308 e. The number of non-ortho nitro benzene ring substituents is 1. The Morgan fingerprint density at radius 2 is 2.19 bits per heavy atom. The summed E-state index contributed by atoms with van der Waals surface area (Å²) in [7, 11) is 0. The van der Waals surface area contributed by atoms with Crippen molar-refractivity contribution in [3.05, 3.63) is 40.6 Å². The number of nitro benzene ring substituents is 1. The van der Waals surface area contributed by atoms with Crippen LogP contribution in [-0.4, -0.2) is 34.1 Å². The third-order valence-electron chi connectivity index (χ3n) is 3.80. The highest BCUT2D eigenvalue weighted by Crippen LogP contribution is 2.33. The minimum Gasteiger partial charge on any atom is -0.481 e. The summed E-state index contributed by atoms with van der Waals surface area (Å²) in [5.74, 6) is -0.621. The molecule has 3 rings (SSSR count). The van der Waals surface area contributed by atoms with Gasteiger partial charge in [0.25, 0.3) is 5.69 Å². The van der Waals surface area contributed by atoms with Gasteiger partial charge in [-0.25, -0.2) is 4.98 Å². The van der Waals surface area contributed by atoms with Gasteiger partial charge in [0, 0.05) is 30.7 Å². The van der Waals surface area contributed by atoms with Crippen LogP contribution in [0.5, 0.6) is 0 Å². The maximum atomic E-state index is 11.1.